The maximum absolute atomic E-state index is 14.9. The summed E-state index contributed by atoms with van der Waals surface area (Å²) in [6.45, 7) is -1.45. The van der Waals surface area contributed by atoms with Crippen LogP contribution in [0.25, 0.3) is 0 Å². The Balaban J connectivity index is 1.11. The number of amides is 13. The SMILES string of the molecule is N=C(N)NCCCC1NC(=O)C(CCCCNC(=O)CCC(NC(=O)[C@H](Cc2ccccc2)NC(=O)c2ccc(N/N=C\c3ccccc3S(=O)(=O)O)nc2)C(=O)NCCCC[C@@H]2NC(=O)C(Cc3ccccc3)NC(=O)[C@H](CC(=O)O)NC(=O)CNC[C@H](CCCNC(=N)N)NC2=O)NC(=O)[C@@H](Cc2ccccc2)NC(=O)C(CCOO)NC(=O)CNC1=O. The summed E-state index contributed by atoms with van der Waals surface area (Å²) in [7, 11) is -4.61. The topological polar surface area (TPSA) is 673 Å². The van der Waals surface area contributed by atoms with E-state index in [1.165, 1.54) is 36.4 Å². The molecule has 7 rings (SSSR count). The number of aromatic nitrogens is 1. The van der Waals surface area contributed by atoms with Gasteiger partial charge in [-0.1, -0.05) is 109 Å². The minimum atomic E-state index is -4.61. The summed E-state index contributed by atoms with van der Waals surface area (Å²) in [5.41, 5.74) is 15.3. The number of hydrogen-bond donors (Lipinski definition) is 24. The molecule has 0 aliphatic carbocycles. The molecule has 125 heavy (non-hydrogen) atoms. The maximum Gasteiger partial charge on any atom is 0.305 e. The number of guanidine groups is 2. The zero-order valence-electron chi connectivity index (χ0n) is 68.5. The summed E-state index contributed by atoms with van der Waals surface area (Å²) in [6.07, 6.45) is 0.879. The minimum Gasteiger partial charge on any atom is -0.481 e. The van der Waals surface area contributed by atoms with Gasteiger partial charge in [-0.2, -0.15) is 13.5 Å². The first kappa shape index (κ1) is 98.5. The van der Waals surface area contributed by atoms with Gasteiger partial charge in [0.15, 0.2) is 11.9 Å². The van der Waals surface area contributed by atoms with E-state index in [0.717, 1.165) is 12.4 Å². The molecule has 2 saturated heterocycles. The van der Waals surface area contributed by atoms with Gasteiger partial charge in [0.05, 0.1) is 37.9 Å². The van der Waals surface area contributed by atoms with Crippen molar-refractivity contribution < 1.29 is 95.3 Å². The van der Waals surface area contributed by atoms with E-state index in [0.29, 0.717) is 23.1 Å². The second-order valence-corrected chi connectivity index (χ2v) is 30.8. The first-order valence-electron chi connectivity index (χ1n) is 40.5. The van der Waals surface area contributed by atoms with Crippen LogP contribution in [0.5, 0.6) is 0 Å². The predicted molar refractivity (Wildman–Crippen MR) is 453 cm³/mol. The molecule has 0 radical (unpaired) electrons. The highest BCUT2D eigenvalue weighted by Gasteiger charge is 2.36. The third-order valence-electron chi connectivity index (χ3n) is 19.6. The number of nitrogens with zero attached hydrogens (tertiary/aromatic N) is 2. The van der Waals surface area contributed by atoms with Crippen LogP contribution < -0.4 is 102 Å². The highest BCUT2D eigenvalue weighted by atomic mass is 32.2. The van der Waals surface area contributed by atoms with Gasteiger partial charge in [-0.3, -0.25) is 93.2 Å². The number of anilines is 1. The predicted octanol–water partition coefficient (Wildman–Crippen LogP) is -3.07. The van der Waals surface area contributed by atoms with Gasteiger partial charge in [-0.05, 0) is 106 Å². The first-order chi connectivity index (χ1) is 59.9. The van der Waals surface area contributed by atoms with E-state index < -0.39 is 191 Å². The van der Waals surface area contributed by atoms with Gasteiger partial charge in [0.25, 0.3) is 16.0 Å². The quantitative estimate of drug-likeness (QED) is 0.00461. The number of hydrogen-bond acceptors (Lipinski definition) is 24. The van der Waals surface area contributed by atoms with Crippen molar-refractivity contribution >= 4 is 117 Å². The molecule has 5 aromatic rings. The number of nitrogens with two attached hydrogens (primary N) is 2. The van der Waals surface area contributed by atoms with Crippen LogP contribution in [0.2, 0.25) is 0 Å². The van der Waals surface area contributed by atoms with E-state index in [1.54, 1.807) is 91.0 Å². The van der Waals surface area contributed by atoms with Gasteiger partial charge in [0.1, 0.15) is 65.1 Å². The van der Waals surface area contributed by atoms with Crippen LogP contribution in [-0.4, -0.2) is 242 Å². The monoisotopic (exact) mass is 1760 g/mol. The fraction of sp³-hybridized carbons (Fsp3) is 0.432. The summed E-state index contributed by atoms with van der Waals surface area (Å²) in [5.74, 6) is -12.7. The van der Waals surface area contributed by atoms with Gasteiger partial charge in [0.2, 0.25) is 70.9 Å². The van der Waals surface area contributed by atoms with Crippen LogP contribution in [0.15, 0.2) is 144 Å². The number of nitrogens with one attached hydrogen (secondary N) is 19. The lowest BCUT2D eigenvalue weighted by atomic mass is 10.0. The molecule has 0 spiro atoms. The Labute approximate surface area is 720 Å². The molecule has 43 nitrogen and oxygen atoms in total. The zero-order chi connectivity index (χ0) is 90.6. The highest BCUT2D eigenvalue weighted by Crippen LogP contribution is 2.17. The van der Waals surface area contributed by atoms with Gasteiger partial charge in [0, 0.05) is 82.6 Å². The Kier molecular flexibility index (Phi) is 41.0. The molecule has 13 amide bonds. The number of carbonyl (C=O) groups excluding carboxylic acids is 13. The molecule has 3 heterocycles. The van der Waals surface area contributed by atoms with Crippen molar-refractivity contribution in [2.75, 3.05) is 57.8 Å². The molecule has 5 unspecified atom stereocenters. The third-order valence-corrected chi connectivity index (χ3v) is 20.6. The lowest BCUT2D eigenvalue weighted by Crippen LogP contribution is -2.58. The molecule has 2 aliphatic heterocycles. The van der Waals surface area contributed by atoms with Crippen LogP contribution >= 0.6 is 0 Å². The third kappa shape index (κ3) is 36.2. The van der Waals surface area contributed by atoms with E-state index >= 15 is 0 Å². The van der Waals surface area contributed by atoms with E-state index in [2.05, 4.69) is 105 Å². The molecule has 0 saturated carbocycles. The lowest BCUT2D eigenvalue weighted by Gasteiger charge is -2.26. The van der Waals surface area contributed by atoms with Crippen molar-refractivity contribution in [1.82, 2.24) is 90.1 Å². The number of rotatable bonds is 41. The van der Waals surface area contributed by atoms with E-state index in [1.807, 2.05) is 0 Å². The van der Waals surface area contributed by atoms with Crippen molar-refractivity contribution in [3.63, 3.8) is 0 Å². The number of carbonyl (C=O) groups is 14. The fourth-order valence-electron chi connectivity index (χ4n) is 13.2. The van der Waals surface area contributed by atoms with E-state index in [-0.39, 0.29) is 151 Å². The number of hydrazone groups is 1. The Morgan fingerprint density at radius 1 is 0.528 bits per heavy atom. The van der Waals surface area contributed by atoms with Gasteiger partial charge < -0.3 is 102 Å². The van der Waals surface area contributed by atoms with Crippen LogP contribution in [0.3, 0.4) is 0 Å². The molecule has 1 aromatic heterocycles. The molecule has 4 aromatic carbocycles. The van der Waals surface area contributed by atoms with Gasteiger partial charge >= 0.3 is 5.97 Å². The molecule has 10 atom stereocenters. The van der Waals surface area contributed by atoms with Crippen molar-refractivity contribution in [3.05, 3.63) is 161 Å². The molecular weight excluding hydrogens is 1650 g/mol. The number of unbranched alkanes of at least 4 members (excludes halogenated alkanes) is 2. The number of aliphatic carboxylic acids is 1. The standard InChI is InChI=1S/C81H109N23O20S/c82-80(83)89-37-16-25-54-46-86-47-67(106)96-63(43-69(108)109)79(119)103-62(42-51-22-8-3-9-23-51)78(118)98-56(73(113)94-54)26-13-15-36-88-71(111)58(100-76(116)60(40-49-18-4-1-5-19-49)101-70(110)53-30-32-65(91-44-53)104-93-45-52-24-10-11-29-64(52)125(121,122)123)31-33-66(105)87-35-14-12-27-57-74(114)97-55(28-17-38-90-81(84)85)72(112)92-48-68(107)95-59(34-39-124-120)75(115)102-61(77(117)99-57)41-50-20-6-2-7-21-50/h1-11,18-24,29-30,32,44-45,54-63,86,120H,12-17,25-28,31,33-43,46-48H2,(H,87,105)(H,88,111)(H,91,104)(H,92,112)(H,94,113)(H,95,107)(H,96,106)(H,97,114)(H,98,118)(H,99,117)(H,100,116)(H,101,110)(H,102,115)(H,103,119)(H,108,109)(H4,82,83,89)(H4,84,85,90)(H,121,122,123)/b93-45-/t54-,55?,56-,57?,58?,59?,60-,61+,62?,63-/m0/s1. The number of carboxylic acid groups (broad SMARTS) is 1. The Morgan fingerprint density at radius 3 is 1.58 bits per heavy atom. The van der Waals surface area contributed by atoms with Crippen LogP contribution in [0.4, 0.5) is 5.82 Å². The Bertz CT molecular complexity index is 4660. The smallest absolute Gasteiger partial charge is 0.305 e. The van der Waals surface area contributed by atoms with Crippen molar-refractivity contribution in [1.29, 1.82) is 10.8 Å². The average molecular weight is 1760 g/mol. The Morgan fingerprint density at radius 2 is 1.02 bits per heavy atom. The number of pyridine rings is 1. The molecule has 2 aliphatic rings. The molecule has 26 N–H and O–H groups in total. The summed E-state index contributed by atoms with van der Waals surface area (Å²) in [4.78, 5) is 204. The molecule has 44 heteroatoms. The van der Waals surface area contributed by atoms with Crippen molar-refractivity contribution in [3.8, 4) is 0 Å². The lowest BCUT2D eigenvalue weighted by molar-refractivity contribution is -0.243. The van der Waals surface area contributed by atoms with Crippen LogP contribution in [-0.2, 0) is 96.6 Å². The number of benzene rings is 4. The van der Waals surface area contributed by atoms with Crippen LogP contribution in [0.1, 0.15) is 123 Å². The average Bonchev–Trinajstić information content (AvgIpc) is 1.36. The molecule has 0 bridgehead atoms. The van der Waals surface area contributed by atoms with Crippen molar-refractivity contribution in [2.24, 2.45) is 16.6 Å². The van der Waals surface area contributed by atoms with Gasteiger partial charge in [-0.15, -0.1) is 0 Å². The number of carboxylic acids is 1. The highest BCUT2D eigenvalue weighted by molar-refractivity contribution is 7.86. The summed E-state index contributed by atoms with van der Waals surface area (Å²) < 4.78 is 33.6. The maximum atomic E-state index is 14.9. The second-order valence-electron chi connectivity index (χ2n) is 29.4. The normalized spacial score (nSPS) is 19.5. The first-order valence-corrected chi connectivity index (χ1v) is 42.0. The minimum absolute atomic E-state index is 0.0393. The Hall–Kier alpha value is -13.6. The summed E-state index contributed by atoms with van der Waals surface area (Å²) >= 11 is 0. The largest absolute Gasteiger partial charge is 0.481 e. The molecular formula is C81H109N23O20S. The van der Waals surface area contributed by atoms with Crippen molar-refractivity contribution in [2.45, 2.75) is 174 Å². The van der Waals surface area contributed by atoms with E-state index in [4.69, 9.17) is 22.3 Å². The fourth-order valence-corrected chi connectivity index (χ4v) is 13.8. The zero-order valence-corrected chi connectivity index (χ0v) is 69.3. The van der Waals surface area contributed by atoms with E-state index in [9.17, 15) is 90.5 Å². The molecule has 674 valence electrons. The van der Waals surface area contributed by atoms with Crippen LogP contribution in [0, 0.1) is 10.8 Å². The second kappa shape index (κ2) is 52.0. The molecule has 2 fully saturated rings. The van der Waals surface area contributed by atoms with Gasteiger partial charge in [-0.25, -0.2) is 9.87 Å². The summed E-state index contributed by atoms with van der Waals surface area (Å²) in [5, 5.41) is 81.0. The summed E-state index contributed by atoms with van der Waals surface area (Å²) in [6, 6.07) is 20.1.